The average molecular weight is 368 g/mol. The minimum atomic E-state index is -0.431. The van der Waals surface area contributed by atoms with Gasteiger partial charge < -0.3 is 10.1 Å². The summed E-state index contributed by atoms with van der Waals surface area (Å²) in [7, 11) is 1.32. The summed E-state index contributed by atoms with van der Waals surface area (Å²) in [5.74, 6) is -0.634. The highest BCUT2D eigenvalue weighted by Crippen LogP contribution is 2.20. The molecule has 0 spiro atoms. The Labute approximate surface area is 135 Å². The van der Waals surface area contributed by atoms with Crippen LogP contribution in [0.4, 0.5) is 0 Å². The van der Waals surface area contributed by atoms with Crippen LogP contribution in [0.5, 0.6) is 0 Å². The SMILES string of the molecule is COC(=O)c1ccc(C(=O)NC(C)c2ccc(Br)cc2)s1. The van der Waals surface area contributed by atoms with Crippen molar-refractivity contribution in [2.24, 2.45) is 0 Å². The van der Waals surface area contributed by atoms with Gasteiger partial charge in [-0.2, -0.15) is 0 Å². The largest absolute Gasteiger partial charge is 0.465 e. The topological polar surface area (TPSA) is 55.4 Å². The normalized spacial score (nSPS) is 11.8. The lowest BCUT2D eigenvalue weighted by Gasteiger charge is -2.13. The van der Waals surface area contributed by atoms with Crippen LogP contribution in [0, 0.1) is 0 Å². The first kappa shape index (κ1) is 15.7. The number of carbonyl (C=O) groups is 2. The number of ether oxygens (including phenoxy) is 1. The first-order chi connectivity index (χ1) is 10.0. The Morgan fingerprint density at radius 3 is 2.38 bits per heavy atom. The van der Waals surface area contributed by atoms with E-state index in [0.717, 1.165) is 21.4 Å². The fourth-order valence-corrected chi connectivity index (χ4v) is 2.86. The first-order valence-corrected chi connectivity index (χ1v) is 7.86. The van der Waals surface area contributed by atoms with Gasteiger partial charge in [0.05, 0.1) is 18.0 Å². The van der Waals surface area contributed by atoms with E-state index in [1.165, 1.54) is 7.11 Å². The van der Waals surface area contributed by atoms with E-state index in [9.17, 15) is 9.59 Å². The van der Waals surface area contributed by atoms with Gasteiger partial charge in [0, 0.05) is 4.47 Å². The van der Waals surface area contributed by atoms with Crippen molar-refractivity contribution in [3.8, 4) is 0 Å². The number of hydrogen-bond donors (Lipinski definition) is 1. The van der Waals surface area contributed by atoms with Gasteiger partial charge >= 0.3 is 5.97 Å². The van der Waals surface area contributed by atoms with E-state index in [0.29, 0.717) is 9.75 Å². The molecule has 2 rings (SSSR count). The Kier molecular flexibility index (Phi) is 5.14. The molecule has 1 heterocycles. The van der Waals surface area contributed by atoms with Crippen LogP contribution in [0.15, 0.2) is 40.9 Å². The van der Waals surface area contributed by atoms with Gasteiger partial charge in [-0.3, -0.25) is 4.79 Å². The molecular formula is C15H14BrNO3S. The second-order valence-corrected chi connectivity index (χ2v) is 6.40. The summed E-state index contributed by atoms with van der Waals surface area (Å²) in [6.07, 6.45) is 0. The number of methoxy groups -OCH3 is 1. The molecule has 2 aromatic rings. The molecule has 110 valence electrons. The lowest BCUT2D eigenvalue weighted by atomic mass is 10.1. The zero-order valence-corrected chi connectivity index (χ0v) is 14.0. The maximum Gasteiger partial charge on any atom is 0.348 e. The summed E-state index contributed by atoms with van der Waals surface area (Å²) in [6, 6.07) is 10.9. The first-order valence-electron chi connectivity index (χ1n) is 6.25. The van der Waals surface area contributed by atoms with Gasteiger partial charge in [-0.1, -0.05) is 28.1 Å². The van der Waals surface area contributed by atoms with E-state index in [2.05, 4.69) is 26.0 Å². The van der Waals surface area contributed by atoms with Crippen molar-refractivity contribution >= 4 is 39.1 Å². The van der Waals surface area contributed by atoms with Gasteiger partial charge in [0.15, 0.2) is 0 Å². The fourth-order valence-electron chi connectivity index (χ4n) is 1.77. The van der Waals surface area contributed by atoms with Crippen molar-refractivity contribution in [3.63, 3.8) is 0 Å². The Balaban J connectivity index is 2.05. The van der Waals surface area contributed by atoms with Gasteiger partial charge in [0.25, 0.3) is 5.91 Å². The number of rotatable bonds is 4. The molecule has 4 nitrogen and oxygen atoms in total. The predicted molar refractivity (Wildman–Crippen MR) is 85.7 cm³/mol. The lowest BCUT2D eigenvalue weighted by molar-refractivity contribution is 0.0606. The van der Waals surface area contributed by atoms with E-state index < -0.39 is 5.97 Å². The molecule has 0 aliphatic rings. The van der Waals surface area contributed by atoms with Crippen LogP contribution in [-0.2, 0) is 4.74 Å². The van der Waals surface area contributed by atoms with Crippen molar-refractivity contribution in [2.75, 3.05) is 7.11 Å². The highest BCUT2D eigenvalue weighted by atomic mass is 79.9. The summed E-state index contributed by atoms with van der Waals surface area (Å²) < 4.78 is 5.62. The Hall–Kier alpha value is -1.66. The summed E-state index contributed by atoms with van der Waals surface area (Å²) in [5, 5.41) is 2.91. The Morgan fingerprint density at radius 1 is 1.14 bits per heavy atom. The smallest absolute Gasteiger partial charge is 0.348 e. The molecule has 0 bridgehead atoms. The maximum absolute atomic E-state index is 12.2. The molecule has 0 aliphatic carbocycles. The standard InChI is InChI=1S/C15H14BrNO3S/c1-9(10-3-5-11(16)6-4-10)17-14(18)12-7-8-13(21-12)15(19)20-2/h3-9H,1-2H3,(H,17,18). The number of benzene rings is 1. The van der Waals surface area contributed by atoms with Crippen molar-refractivity contribution < 1.29 is 14.3 Å². The number of hydrogen-bond acceptors (Lipinski definition) is 4. The number of amides is 1. The molecule has 0 saturated heterocycles. The molecule has 0 aliphatic heterocycles. The van der Waals surface area contributed by atoms with Gasteiger partial charge in [0.1, 0.15) is 4.88 Å². The molecule has 6 heteroatoms. The highest BCUT2D eigenvalue weighted by molar-refractivity contribution is 9.10. The minimum absolute atomic E-state index is 0.116. The zero-order chi connectivity index (χ0) is 15.4. The van der Waals surface area contributed by atoms with Gasteiger partial charge in [-0.05, 0) is 36.8 Å². The number of halogens is 1. The van der Waals surface area contributed by atoms with Crippen LogP contribution >= 0.6 is 27.3 Å². The van der Waals surface area contributed by atoms with E-state index >= 15 is 0 Å². The molecule has 0 saturated carbocycles. The van der Waals surface area contributed by atoms with Gasteiger partial charge in [-0.15, -0.1) is 11.3 Å². The van der Waals surface area contributed by atoms with E-state index in [4.69, 9.17) is 0 Å². The molecule has 21 heavy (non-hydrogen) atoms. The second-order valence-electron chi connectivity index (χ2n) is 4.40. The van der Waals surface area contributed by atoms with Crippen molar-refractivity contribution in [1.29, 1.82) is 0 Å². The molecule has 1 N–H and O–H groups in total. The number of carbonyl (C=O) groups excluding carboxylic acids is 2. The third-order valence-corrected chi connectivity index (χ3v) is 4.53. The molecule has 0 radical (unpaired) electrons. The zero-order valence-electron chi connectivity index (χ0n) is 11.6. The predicted octanol–water partition coefficient (Wildman–Crippen LogP) is 3.79. The quantitative estimate of drug-likeness (QED) is 0.836. The van der Waals surface area contributed by atoms with E-state index in [1.54, 1.807) is 12.1 Å². The van der Waals surface area contributed by atoms with Crippen LogP contribution in [0.3, 0.4) is 0 Å². The van der Waals surface area contributed by atoms with Gasteiger partial charge in [0.2, 0.25) is 0 Å². The molecule has 1 aromatic heterocycles. The molecule has 1 aromatic carbocycles. The number of esters is 1. The van der Waals surface area contributed by atoms with E-state index in [1.807, 2.05) is 31.2 Å². The van der Waals surface area contributed by atoms with Crippen molar-refractivity contribution in [2.45, 2.75) is 13.0 Å². The lowest BCUT2D eigenvalue weighted by Crippen LogP contribution is -2.25. The third kappa shape index (κ3) is 3.92. The second kappa shape index (κ2) is 6.87. The number of nitrogens with one attached hydrogen (secondary N) is 1. The average Bonchev–Trinajstić information content (AvgIpc) is 2.97. The van der Waals surface area contributed by atoms with Crippen LogP contribution in [0.1, 0.15) is 37.9 Å². The van der Waals surface area contributed by atoms with Crippen LogP contribution < -0.4 is 5.32 Å². The minimum Gasteiger partial charge on any atom is -0.465 e. The third-order valence-electron chi connectivity index (χ3n) is 2.93. The Bertz CT molecular complexity index is 651. The molecule has 1 atom stereocenters. The summed E-state index contributed by atoms with van der Waals surface area (Å²) >= 11 is 4.49. The van der Waals surface area contributed by atoms with Crippen LogP contribution in [0.2, 0.25) is 0 Å². The molecule has 0 fully saturated rings. The van der Waals surface area contributed by atoms with Crippen molar-refractivity contribution in [1.82, 2.24) is 5.32 Å². The number of thiophene rings is 1. The fraction of sp³-hybridized carbons (Fsp3) is 0.200. The van der Waals surface area contributed by atoms with Crippen molar-refractivity contribution in [3.05, 3.63) is 56.2 Å². The monoisotopic (exact) mass is 367 g/mol. The summed E-state index contributed by atoms with van der Waals surface area (Å²) in [6.45, 7) is 1.91. The maximum atomic E-state index is 12.2. The molecule has 1 unspecified atom stereocenters. The molecular weight excluding hydrogens is 354 g/mol. The highest BCUT2D eigenvalue weighted by Gasteiger charge is 2.16. The Morgan fingerprint density at radius 2 is 1.76 bits per heavy atom. The molecule has 1 amide bonds. The van der Waals surface area contributed by atoms with Crippen LogP contribution in [-0.4, -0.2) is 19.0 Å². The summed E-state index contributed by atoms with van der Waals surface area (Å²) in [4.78, 5) is 24.4. The van der Waals surface area contributed by atoms with Gasteiger partial charge in [-0.25, -0.2) is 4.79 Å². The van der Waals surface area contributed by atoms with E-state index in [-0.39, 0.29) is 11.9 Å². The van der Waals surface area contributed by atoms with Crippen LogP contribution in [0.25, 0.3) is 0 Å². The summed E-state index contributed by atoms with van der Waals surface area (Å²) in [5.41, 5.74) is 1.01.